The van der Waals surface area contributed by atoms with E-state index in [2.05, 4.69) is 68.9 Å². The van der Waals surface area contributed by atoms with Crippen molar-refractivity contribution in [1.29, 1.82) is 5.26 Å². The van der Waals surface area contributed by atoms with Gasteiger partial charge in [-0.05, 0) is 406 Å². The molecule has 4 aromatic heterocycles. The third-order valence-corrected chi connectivity index (χ3v) is 39.0. The number of carbonyl (C=O) groups is 7. The van der Waals surface area contributed by atoms with E-state index in [-0.39, 0.29) is 154 Å². The number of amides is 1. The van der Waals surface area contributed by atoms with Gasteiger partial charge < -0.3 is 47.0 Å². The Labute approximate surface area is 767 Å². The summed E-state index contributed by atoms with van der Waals surface area (Å²) in [6, 6.07) is 1.98. The summed E-state index contributed by atoms with van der Waals surface area (Å²) in [6.07, 6.45) is 46.0. The van der Waals surface area contributed by atoms with Crippen molar-refractivity contribution in [3.63, 3.8) is 0 Å². The molecule has 16 saturated carbocycles. The van der Waals surface area contributed by atoms with Crippen molar-refractivity contribution in [1.82, 2.24) is 60.0 Å². The first-order valence-electron chi connectivity index (χ1n) is 49.1. The van der Waals surface area contributed by atoms with Gasteiger partial charge in [0.2, 0.25) is 0 Å². The number of Topliss-reactive ketones (excluding diaryl/α,β-unsaturated/α-hetero) is 4. The maximum Gasteiger partial charge on any atom is 1.00 e. The number of rotatable bonds is 16. The maximum atomic E-state index is 13.4. The molecule has 0 radical (unpaired) electrons. The molecule has 16 aliphatic carbocycles. The van der Waals surface area contributed by atoms with Gasteiger partial charge >= 0.3 is 30.8 Å². The molecular weight excluding hydrogens is 1620 g/mol. The second-order valence-corrected chi connectivity index (χ2v) is 46.0. The number of carbonyl (C=O) groups excluding carboxylic acids is 6. The third kappa shape index (κ3) is 18.8. The number of aromatic nitrogens is 12. The van der Waals surface area contributed by atoms with E-state index in [4.69, 9.17) is 20.8 Å². The van der Waals surface area contributed by atoms with Crippen LogP contribution in [-0.2, 0) is 50.1 Å². The molecule has 700 valence electrons. The number of aliphatic hydroxyl groups is 4. The van der Waals surface area contributed by atoms with E-state index in [1.807, 2.05) is 33.8 Å². The van der Waals surface area contributed by atoms with Gasteiger partial charge in [-0.3, -0.25) is 24.0 Å². The molecule has 0 spiro atoms. The number of hydrogen-bond acceptors (Lipinski definition) is 22. The van der Waals surface area contributed by atoms with Crippen LogP contribution < -0.4 is 24.6 Å². The first-order chi connectivity index (χ1) is 59.4. The van der Waals surface area contributed by atoms with Crippen LogP contribution in [0.1, 0.15) is 331 Å². The quantitative estimate of drug-likeness (QED) is 0.0448. The van der Waals surface area contributed by atoms with Gasteiger partial charge in [0.1, 0.15) is 32.2 Å². The van der Waals surface area contributed by atoms with Gasteiger partial charge in [0.25, 0.3) is 5.91 Å². The molecule has 128 heavy (non-hydrogen) atoms. The normalized spacial score (nSPS) is 42.9. The molecule has 16 aliphatic rings. The van der Waals surface area contributed by atoms with Crippen LogP contribution in [0, 0.1) is 175 Å². The summed E-state index contributed by atoms with van der Waals surface area (Å²) in [4.78, 5) is 87.4. The number of fused-ring (bicyclic) bond motifs is 20. The van der Waals surface area contributed by atoms with Gasteiger partial charge in [0.15, 0.2) is 45.9 Å². The Morgan fingerprint density at radius 2 is 0.648 bits per heavy atom. The van der Waals surface area contributed by atoms with Crippen LogP contribution in [0.5, 0.6) is 0 Å². The Morgan fingerprint density at radius 3 is 0.914 bits per heavy atom. The number of nitriles is 1. The third-order valence-electron chi connectivity index (χ3n) is 39.0. The Hall–Kier alpha value is -6.50. The fourth-order valence-corrected chi connectivity index (χ4v) is 33.6. The van der Waals surface area contributed by atoms with Gasteiger partial charge in [-0.15, -0.1) is 20.4 Å². The number of nitrogens with zero attached hydrogens (tertiary/aromatic N) is 13. The number of aromatic carboxylic acids is 1. The van der Waals surface area contributed by atoms with Crippen LogP contribution in [0.4, 0.5) is 0 Å². The minimum absolute atomic E-state index is 0. The summed E-state index contributed by atoms with van der Waals surface area (Å²) in [5.41, 5.74) is 4.05. The average Bonchev–Trinajstić information content (AvgIpc) is 1.54. The summed E-state index contributed by atoms with van der Waals surface area (Å²) in [6.45, 7) is 20.2. The Bertz CT molecular complexity index is 4560. The van der Waals surface area contributed by atoms with Gasteiger partial charge in [0.05, 0.1) is 53.8 Å². The Morgan fingerprint density at radius 1 is 0.383 bits per heavy atom. The van der Waals surface area contributed by atoms with Gasteiger partial charge in [0, 0.05) is 23.7 Å². The van der Waals surface area contributed by atoms with E-state index in [9.17, 15) is 54.0 Å². The predicted octanol–water partition coefficient (Wildman–Crippen LogP) is 10.3. The van der Waals surface area contributed by atoms with Crippen LogP contribution in [0.15, 0.2) is 24.8 Å². The summed E-state index contributed by atoms with van der Waals surface area (Å²) in [7, 11) is 0. The molecule has 1 amide bonds. The Kier molecular flexibility index (Phi) is 28.8. The number of carboxylic acids is 1. The van der Waals surface area contributed by atoms with E-state index in [0.29, 0.717) is 53.3 Å². The predicted molar refractivity (Wildman–Crippen MR) is 467 cm³/mol. The van der Waals surface area contributed by atoms with E-state index in [1.54, 1.807) is 13.1 Å². The first kappa shape index (κ1) is 97.5. The van der Waals surface area contributed by atoms with Crippen LogP contribution in [0.2, 0.25) is 0 Å². The molecule has 20 rings (SSSR count). The molecular formula is C98H147LiN14O15. The molecule has 0 aromatic carbocycles. The van der Waals surface area contributed by atoms with Crippen LogP contribution >= 0.6 is 0 Å². The van der Waals surface area contributed by atoms with Gasteiger partial charge in [-0.1, -0.05) is 48.5 Å². The van der Waals surface area contributed by atoms with Crippen molar-refractivity contribution < 1.29 is 93.6 Å². The zero-order valence-corrected chi connectivity index (χ0v) is 78.0. The zero-order valence-electron chi connectivity index (χ0n) is 78.0. The smallest absolute Gasteiger partial charge is 0.870 e. The van der Waals surface area contributed by atoms with E-state index in [1.165, 1.54) is 140 Å². The molecule has 4 heterocycles. The van der Waals surface area contributed by atoms with Crippen molar-refractivity contribution in [3.8, 4) is 6.07 Å². The minimum Gasteiger partial charge on any atom is -0.870 e. The molecule has 4 aromatic rings. The van der Waals surface area contributed by atoms with Gasteiger partial charge in [-0.2, -0.15) is 5.26 Å². The molecule has 0 saturated heterocycles. The second-order valence-electron chi connectivity index (χ2n) is 46.0. The molecule has 30 heteroatoms. The van der Waals surface area contributed by atoms with E-state index >= 15 is 0 Å². The summed E-state index contributed by atoms with van der Waals surface area (Å²) in [5.74, 6) is 13.2. The monoisotopic (exact) mass is 1770 g/mol. The first-order valence-corrected chi connectivity index (χ1v) is 49.1. The number of hydrogen-bond donors (Lipinski definition) is 6. The SMILES string of the molecule is CCOC(=O)c1cn(CC(=O)[C@H]2CC[C@H]3[C@@H]4CC[C@@H]5C[C@](C)(O)CC[C@@H]5[C@H]4CC[C@]23C)nn1.C[C@@]1(O)CC[C@H]2[C@H](CC[C@@H]3[C@@H]2CC[C@]2(C)[C@@H](C(=O)Cn4cc(C#N)nn4)CC[C@@H]32)C1.C[C@@]1(O)CC[C@H]2[C@H](CC[C@@H]3[C@@H]2CC[C@]2(C)[C@@H](C(=O)Cn4cc(C(=O)O)nn4)CC[C@@H]32)C1.C[C@@]1(O)CC[C@H]2[C@H](CC[C@@H]3[C@@H]2CC[C@]2(C)[C@@H](C(=O)Cn4cc(C(N)=O)nn4)CC[C@@H]32)C1.O.[Li+].[OH-]. The van der Waals surface area contributed by atoms with Crippen molar-refractivity contribution in [2.24, 2.45) is 169 Å². The molecule has 0 aliphatic heterocycles. The summed E-state index contributed by atoms with van der Waals surface area (Å²) < 4.78 is 10.8. The molecule has 0 unspecified atom stereocenters. The zero-order chi connectivity index (χ0) is 88.4. The number of esters is 1. The molecule has 16 fully saturated rings. The molecule has 32 atom stereocenters. The van der Waals surface area contributed by atoms with E-state index in [0.717, 1.165) is 194 Å². The average molecular weight is 1770 g/mol. The van der Waals surface area contributed by atoms with Crippen LogP contribution in [-0.4, -0.2) is 166 Å². The topological polar surface area (TPSA) is 464 Å². The Balaban J connectivity index is 0.000000137. The van der Waals surface area contributed by atoms with Crippen LogP contribution in [0.25, 0.3) is 0 Å². The largest absolute Gasteiger partial charge is 1.00 e. The standard InChI is InChI=1S/C26H39N3O4.C24H36N4O3.C24H34N4O2.C24H35N3O4.Li.2H2O/c1-4-33-24(31)22-14-29(28-27-22)15-23(30)21-8-7-20-19-6-5-16-13-25(2,32)11-9-17(16)18(19)10-12-26(20,21)3;1-23(31)9-7-15-14(11-23)3-4-17-16(15)8-10-24(2)18(17)5-6-19(24)21(29)13-28-12-20(22(25)30)26-27-28;1-23(30)9-7-17-15(11-23)3-4-19-18(17)8-10-24(2)20(19)5-6-21(24)22(29)14-28-13-16(12-25)26-27-28;1-23(31)9-7-15-14(11-23)3-4-17-16(15)8-10-24(2)18(17)5-6-19(24)21(28)13-27-12-20(22(29)30)25-26-27;;;/h14,16-21,32H,4-13,15H2,1-3H3;12,14-19,31H,3-11,13H2,1-2H3,(H2,25,30);13,15,17-21,30H,3-11,14H2,1-2H3;12,14-19,31H,3-11,13H2,1-2H3,(H,29,30);;2*1H2/q;;;;+1;;/p-1/t16-,17+,18-,19-,20+,21-,25-,26+;14-,15+,16-,17-,18+,19-,23-,24+;15-,17+,18-,19-,20+,21-,23-,24+;14-,15+,16-,17-,18+,19-,23-,24+;;;/m1111.../s1. The van der Waals surface area contributed by atoms with Crippen molar-refractivity contribution in [2.75, 3.05) is 6.61 Å². The maximum absolute atomic E-state index is 13.4. The fourth-order valence-electron chi connectivity index (χ4n) is 33.6. The summed E-state index contributed by atoms with van der Waals surface area (Å²) in [5, 5.41) is 91.1. The second kappa shape index (κ2) is 37.7. The van der Waals surface area contributed by atoms with Crippen molar-refractivity contribution in [3.05, 3.63) is 47.6 Å². The molecule has 10 N–H and O–H groups in total. The number of nitrogens with two attached hydrogens (primary N) is 1. The number of ketones is 4. The van der Waals surface area contributed by atoms with Crippen molar-refractivity contribution >= 4 is 41.0 Å². The molecule has 29 nitrogen and oxygen atoms in total. The summed E-state index contributed by atoms with van der Waals surface area (Å²) >= 11 is 0. The van der Waals surface area contributed by atoms with Crippen molar-refractivity contribution in [2.45, 2.75) is 342 Å². The molecule has 0 bridgehead atoms. The van der Waals surface area contributed by atoms with Crippen LogP contribution in [0.3, 0.4) is 0 Å². The number of primary amides is 1. The van der Waals surface area contributed by atoms with Gasteiger partial charge in [-0.25, -0.2) is 28.3 Å². The fraction of sp³-hybridized carbons (Fsp3) is 0.837. The number of carboxylic acid groups (broad SMARTS) is 1. The minimum atomic E-state index is -1.12. The van der Waals surface area contributed by atoms with E-state index < -0.39 is 40.2 Å². The number of ether oxygens (including phenoxy) is 1.